The van der Waals surface area contributed by atoms with E-state index in [1.807, 2.05) is 48.9 Å². The number of hydrogen-bond acceptors (Lipinski definition) is 6. The second-order valence-electron chi connectivity index (χ2n) is 7.77. The van der Waals surface area contributed by atoms with E-state index in [4.69, 9.17) is 14.2 Å². The fourth-order valence-electron chi connectivity index (χ4n) is 4.20. The van der Waals surface area contributed by atoms with Crippen molar-refractivity contribution < 1.29 is 19.0 Å². The summed E-state index contributed by atoms with van der Waals surface area (Å²) in [7, 11) is 1.52. The van der Waals surface area contributed by atoms with Crippen LogP contribution in [0.5, 0.6) is 5.75 Å². The minimum absolute atomic E-state index is 0.259. The van der Waals surface area contributed by atoms with E-state index in [9.17, 15) is 4.79 Å². The van der Waals surface area contributed by atoms with Gasteiger partial charge in [-0.2, -0.15) is 0 Å². The van der Waals surface area contributed by atoms with E-state index in [2.05, 4.69) is 22.1 Å². The molecule has 4 rings (SSSR count). The highest BCUT2D eigenvalue weighted by Crippen LogP contribution is 2.44. The Morgan fingerprint density at radius 1 is 1.09 bits per heavy atom. The van der Waals surface area contributed by atoms with Crippen molar-refractivity contribution in [2.45, 2.75) is 38.2 Å². The maximum atomic E-state index is 11.9. The third-order valence-corrected chi connectivity index (χ3v) is 5.77. The fraction of sp³-hybridized carbons (Fsp3) is 0.346. The lowest BCUT2D eigenvalue weighted by molar-refractivity contribution is -0.154. The molecule has 2 aromatic heterocycles. The second kappa shape index (κ2) is 10.4. The van der Waals surface area contributed by atoms with Gasteiger partial charge >= 0.3 is 5.97 Å². The van der Waals surface area contributed by atoms with Crippen LogP contribution in [0.15, 0.2) is 61.1 Å². The summed E-state index contributed by atoms with van der Waals surface area (Å²) in [5.74, 6) is 0.732. The average molecular weight is 433 g/mol. The van der Waals surface area contributed by atoms with Crippen molar-refractivity contribution in [1.29, 1.82) is 0 Å². The number of benzene rings is 1. The number of fused-ring (bicyclic) bond motifs is 3. The topological polar surface area (TPSA) is 70.5 Å². The van der Waals surface area contributed by atoms with Gasteiger partial charge in [0.25, 0.3) is 0 Å². The maximum Gasteiger partial charge on any atom is 0.335 e. The summed E-state index contributed by atoms with van der Waals surface area (Å²) < 4.78 is 16.3. The zero-order chi connectivity index (χ0) is 22.3. The largest absolute Gasteiger partial charge is 0.494 e. The van der Waals surface area contributed by atoms with Crippen LogP contribution in [0.1, 0.15) is 42.5 Å². The van der Waals surface area contributed by atoms with Crippen molar-refractivity contribution >= 4 is 5.97 Å². The highest BCUT2D eigenvalue weighted by molar-refractivity contribution is 5.76. The van der Waals surface area contributed by atoms with E-state index in [1.54, 1.807) is 6.92 Å². The predicted octanol–water partition coefficient (Wildman–Crippen LogP) is 4.57. The van der Waals surface area contributed by atoms with E-state index in [-0.39, 0.29) is 11.9 Å². The van der Waals surface area contributed by atoms with Crippen molar-refractivity contribution in [3.05, 3.63) is 77.9 Å². The molecule has 1 aromatic carbocycles. The van der Waals surface area contributed by atoms with E-state index >= 15 is 0 Å². The normalized spacial score (nSPS) is 15.0. The van der Waals surface area contributed by atoms with Gasteiger partial charge in [0.2, 0.25) is 0 Å². The zero-order valence-electron chi connectivity index (χ0n) is 18.5. The number of rotatable bonds is 10. The van der Waals surface area contributed by atoms with E-state index in [1.165, 1.54) is 23.8 Å². The van der Waals surface area contributed by atoms with Crippen LogP contribution in [0.25, 0.3) is 11.1 Å². The summed E-state index contributed by atoms with van der Waals surface area (Å²) in [4.78, 5) is 20.9. The zero-order valence-corrected chi connectivity index (χ0v) is 18.5. The van der Waals surface area contributed by atoms with Gasteiger partial charge < -0.3 is 14.2 Å². The molecule has 2 unspecified atom stereocenters. The predicted molar refractivity (Wildman–Crippen MR) is 122 cm³/mol. The third-order valence-electron chi connectivity index (χ3n) is 5.77. The molecule has 0 fully saturated rings. The van der Waals surface area contributed by atoms with Crippen molar-refractivity contribution in [2.24, 2.45) is 0 Å². The maximum absolute atomic E-state index is 11.9. The molecule has 2 heterocycles. The van der Waals surface area contributed by atoms with Crippen LogP contribution in [-0.2, 0) is 20.7 Å². The molecule has 2 atom stereocenters. The first-order valence-electron chi connectivity index (χ1n) is 11.0. The number of hydrogen-bond donors (Lipinski definition) is 0. The lowest BCUT2D eigenvalue weighted by Gasteiger charge is -2.14. The van der Waals surface area contributed by atoms with Gasteiger partial charge in [0.1, 0.15) is 5.75 Å². The van der Waals surface area contributed by atoms with Gasteiger partial charge in [-0.3, -0.25) is 9.97 Å². The van der Waals surface area contributed by atoms with Crippen LogP contribution in [0.2, 0.25) is 0 Å². The lowest BCUT2D eigenvalue weighted by atomic mass is 9.96. The van der Waals surface area contributed by atoms with Gasteiger partial charge in [-0.1, -0.05) is 18.2 Å². The first-order chi connectivity index (χ1) is 15.7. The molecule has 0 bridgehead atoms. The molecule has 0 saturated heterocycles. The molecule has 0 N–H and O–H groups in total. The molecule has 166 valence electrons. The van der Waals surface area contributed by atoms with Crippen LogP contribution >= 0.6 is 0 Å². The Kier molecular flexibility index (Phi) is 7.12. The molecule has 6 nitrogen and oxygen atoms in total. The average Bonchev–Trinajstić information content (AvgIpc) is 3.15. The second-order valence-corrected chi connectivity index (χ2v) is 7.77. The molecule has 1 aliphatic rings. The molecule has 0 saturated carbocycles. The number of pyridine rings is 2. The van der Waals surface area contributed by atoms with Gasteiger partial charge in [0, 0.05) is 43.6 Å². The first kappa shape index (κ1) is 22.0. The van der Waals surface area contributed by atoms with E-state index in [0.29, 0.717) is 19.6 Å². The van der Waals surface area contributed by atoms with Crippen LogP contribution in [0.4, 0.5) is 0 Å². The minimum Gasteiger partial charge on any atom is -0.494 e. The molecule has 0 radical (unpaired) electrons. The summed E-state index contributed by atoms with van der Waals surface area (Å²) >= 11 is 0. The Morgan fingerprint density at radius 2 is 1.94 bits per heavy atom. The van der Waals surface area contributed by atoms with E-state index in [0.717, 1.165) is 29.8 Å². The van der Waals surface area contributed by atoms with Crippen molar-refractivity contribution in [2.75, 3.05) is 20.3 Å². The highest BCUT2D eigenvalue weighted by atomic mass is 16.6. The number of esters is 1. The van der Waals surface area contributed by atoms with Crippen molar-refractivity contribution in [3.63, 3.8) is 0 Å². The Morgan fingerprint density at radius 3 is 2.72 bits per heavy atom. The quantitative estimate of drug-likeness (QED) is 0.345. The van der Waals surface area contributed by atoms with E-state index < -0.39 is 6.10 Å². The SMILES string of the molecule is CCOC(=O)C(Cc1ccc(OCCCC2c3cnccc3-c3cccnc32)cc1)OC. The summed E-state index contributed by atoms with van der Waals surface area (Å²) in [5, 5.41) is 0. The molecular weight excluding hydrogens is 404 g/mol. The van der Waals surface area contributed by atoms with Crippen LogP contribution in [0, 0.1) is 0 Å². The summed E-state index contributed by atoms with van der Waals surface area (Å²) in [6.45, 7) is 2.75. The molecule has 6 heteroatoms. The number of methoxy groups -OCH3 is 1. The van der Waals surface area contributed by atoms with Gasteiger partial charge in [-0.05, 0) is 60.7 Å². The molecular formula is C26H28N2O4. The Hall–Kier alpha value is -3.25. The van der Waals surface area contributed by atoms with Gasteiger partial charge in [0.15, 0.2) is 6.10 Å². The molecule has 1 aliphatic carbocycles. The van der Waals surface area contributed by atoms with Crippen LogP contribution in [-0.4, -0.2) is 42.4 Å². The summed E-state index contributed by atoms with van der Waals surface area (Å²) in [5.41, 5.74) is 5.83. The van der Waals surface area contributed by atoms with Crippen LogP contribution < -0.4 is 4.74 Å². The molecule has 3 aromatic rings. The van der Waals surface area contributed by atoms with Gasteiger partial charge in [-0.25, -0.2) is 4.79 Å². The Balaban J connectivity index is 1.30. The number of carbonyl (C=O) groups excluding carboxylic acids is 1. The molecule has 0 spiro atoms. The Bertz CT molecular complexity index is 1010. The third kappa shape index (κ3) is 4.81. The first-order valence-corrected chi connectivity index (χ1v) is 11.0. The van der Waals surface area contributed by atoms with Crippen molar-refractivity contribution in [1.82, 2.24) is 9.97 Å². The highest BCUT2D eigenvalue weighted by Gasteiger charge is 2.29. The molecule has 32 heavy (non-hydrogen) atoms. The monoisotopic (exact) mass is 432 g/mol. The molecule has 0 aliphatic heterocycles. The summed E-state index contributed by atoms with van der Waals surface area (Å²) in [6, 6.07) is 14.0. The molecule has 0 amide bonds. The standard InChI is InChI=1S/C26H28N2O4/c1-3-31-26(29)24(30-2)16-18-8-10-19(11-9-18)32-15-5-7-22-23-17-27-14-12-20(23)21-6-4-13-28-25(21)22/h4,6,8-14,17,22,24H,3,5,7,15-16H2,1-2H3. The summed E-state index contributed by atoms with van der Waals surface area (Å²) in [6.07, 6.45) is 7.40. The number of ether oxygens (including phenoxy) is 3. The van der Waals surface area contributed by atoms with Gasteiger partial charge in [-0.15, -0.1) is 0 Å². The number of carbonyl (C=O) groups is 1. The lowest BCUT2D eigenvalue weighted by Crippen LogP contribution is -2.27. The number of nitrogens with zero attached hydrogens (tertiary/aromatic N) is 2. The smallest absolute Gasteiger partial charge is 0.335 e. The fourth-order valence-corrected chi connectivity index (χ4v) is 4.20. The number of aromatic nitrogens is 2. The van der Waals surface area contributed by atoms with Crippen molar-refractivity contribution in [3.8, 4) is 16.9 Å². The minimum atomic E-state index is -0.595. The van der Waals surface area contributed by atoms with Crippen LogP contribution in [0.3, 0.4) is 0 Å². The Labute approximate surface area is 188 Å². The van der Waals surface area contributed by atoms with Gasteiger partial charge in [0.05, 0.1) is 18.9 Å².